The fourth-order valence-corrected chi connectivity index (χ4v) is 1.21. The Balaban J connectivity index is 4.22. The van der Waals surface area contributed by atoms with Crippen molar-refractivity contribution in [1.29, 1.82) is 0 Å². The molecule has 0 aromatic carbocycles. The predicted molar refractivity (Wildman–Crippen MR) is 46.3 cm³/mol. The van der Waals surface area contributed by atoms with Gasteiger partial charge in [-0.25, -0.2) is 0 Å². The quantitative estimate of drug-likeness (QED) is 0.557. The zero-order chi connectivity index (χ0) is 10.4. The topological polar surface area (TPSA) is 101 Å². The van der Waals surface area contributed by atoms with Gasteiger partial charge in [0.2, 0.25) is 0 Å². The van der Waals surface area contributed by atoms with Crippen LogP contribution in [0.1, 0.15) is 26.2 Å². The molecule has 0 aliphatic carbocycles. The molecule has 0 radical (unpaired) electrons. The van der Waals surface area contributed by atoms with E-state index < -0.39 is 23.9 Å². The van der Waals surface area contributed by atoms with Gasteiger partial charge in [-0.1, -0.05) is 13.3 Å². The lowest BCUT2D eigenvalue weighted by atomic mass is 9.92. The summed E-state index contributed by atoms with van der Waals surface area (Å²) in [6.45, 7) is 1.86. The summed E-state index contributed by atoms with van der Waals surface area (Å²) in [6, 6.07) is -1.07. The summed E-state index contributed by atoms with van der Waals surface area (Å²) >= 11 is 0. The molecule has 0 saturated carbocycles. The van der Waals surface area contributed by atoms with Gasteiger partial charge in [-0.3, -0.25) is 9.59 Å². The number of carbonyl (C=O) groups is 2. The van der Waals surface area contributed by atoms with E-state index in [1.54, 1.807) is 0 Å². The maximum atomic E-state index is 10.5. The Morgan fingerprint density at radius 1 is 1.38 bits per heavy atom. The Morgan fingerprint density at radius 2 is 1.92 bits per heavy atom. The van der Waals surface area contributed by atoms with Gasteiger partial charge in [0.25, 0.3) is 0 Å². The largest absolute Gasteiger partial charge is 0.481 e. The van der Waals surface area contributed by atoms with E-state index in [0.717, 1.165) is 6.42 Å². The van der Waals surface area contributed by atoms with Crippen LogP contribution in [-0.4, -0.2) is 28.2 Å². The van der Waals surface area contributed by atoms with E-state index in [4.69, 9.17) is 15.9 Å². The SMILES string of the molecule is CCCC(CC(=O)O)C(N)C(=O)O. The van der Waals surface area contributed by atoms with E-state index in [1.165, 1.54) is 0 Å². The van der Waals surface area contributed by atoms with Gasteiger partial charge < -0.3 is 15.9 Å². The standard InChI is InChI=1S/C8H15NO4/c1-2-3-5(4-6(10)11)7(9)8(12)13/h5,7H,2-4,9H2,1H3,(H,10,11)(H,12,13). The second-order valence-electron chi connectivity index (χ2n) is 3.01. The minimum Gasteiger partial charge on any atom is -0.481 e. The van der Waals surface area contributed by atoms with E-state index in [0.29, 0.717) is 6.42 Å². The first-order chi connectivity index (χ1) is 5.99. The van der Waals surface area contributed by atoms with Gasteiger partial charge in [0.15, 0.2) is 0 Å². The van der Waals surface area contributed by atoms with Crippen molar-refractivity contribution in [3.63, 3.8) is 0 Å². The van der Waals surface area contributed by atoms with Gasteiger partial charge in [-0.05, 0) is 12.3 Å². The molecular weight excluding hydrogens is 174 g/mol. The fraction of sp³-hybridized carbons (Fsp3) is 0.750. The molecule has 5 nitrogen and oxygen atoms in total. The van der Waals surface area contributed by atoms with E-state index in [9.17, 15) is 9.59 Å². The maximum absolute atomic E-state index is 10.5. The third-order valence-electron chi connectivity index (χ3n) is 1.89. The molecule has 13 heavy (non-hydrogen) atoms. The van der Waals surface area contributed by atoms with E-state index in [2.05, 4.69) is 0 Å². The van der Waals surface area contributed by atoms with E-state index in [-0.39, 0.29) is 6.42 Å². The molecule has 0 fully saturated rings. The van der Waals surface area contributed by atoms with Crippen LogP contribution in [0.2, 0.25) is 0 Å². The molecule has 0 saturated heterocycles. The Hall–Kier alpha value is -1.10. The van der Waals surface area contributed by atoms with E-state index >= 15 is 0 Å². The zero-order valence-electron chi connectivity index (χ0n) is 7.56. The summed E-state index contributed by atoms with van der Waals surface area (Å²) < 4.78 is 0. The number of aliphatic carboxylic acids is 2. The third kappa shape index (κ3) is 4.47. The van der Waals surface area contributed by atoms with Crippen LogP contribution in [-0.2, 0) is 9.59 Å². The Bertz CT molecular complexity index is 193. The van der Waals surface area contributed by atoms with Crippen molar-refractivity contribution >= 4 is 11.9 Å². The Morgan fingerprint density at radius 3 is 2.23 bits per heavy atom. The highest BCUT2D eigenvalue weighted by Crippen LogP contribution is 2.14. The number of hydrogen-bond donors (Lipinski definition) is 3. The average molecular weight is 189 g/mol. The lowest BCUT2D eigenvalue weighted by Gasteiger charge is -2.17. The lowest BCUT2D eigenvalue weighted by Crippen LogP contribution is -2.39. The molecule has 2 atom stereocenters. The number of hydrogen-bond acceptors (Lipinski definition) is 3. The molecule has 0 heterocycles. The minimum absolute atomic E-state index is 0.179. The smallest absolute Gasteiger partial charge is 0.320 e. The van der Waals surface area contributed by atoms with Crippen molar-refractivity contribution in [3.05, 3.63) is 0 Å². The molecule has 0 spiro atoms. The van der Waals surface area contributed by atoms with Crippen molar-refractivity contribution in [2.24, 2.45) is 11.7 Å². The van der Waals surface area contributed by atoms with Crippen molar-refractivity contribution in [3.8, 4) is 0 Å². The lowest BCUT2D eigenvalue weighted by molar-refractivity contribution is -0.142. The van der Waals surface area contributed by atoms with Crippen molar-refractivity contribution in [2.45, 2.75) is 32.2 Å². The molecule has 2 unspecified atom stereocenters. The van der Waals surface area contributed by atoms with Crippen molar-refractivity contribution < 1.29 is 19.8 Å². The van der Waals surface area contributed by atoms with Gasteiger partial charge in [0, 0.05) is 0 Å². The van der Waals surface area contributed by atoms with Crippen molar-refractivity contribution in [1.82, 2.24) is 0 Å². The van der Waals surface area contributed by atoms with Crippen LogP contribution in [0.3, 0.4) is 0 Å². The van der Waals surface area contributed by atoms with Crippen LogP contribution in [0.4, 0.5) is 0 Å². The van der Waals surface area contributed by atoms with Crippen LogP contribution >= 0.6 is 0 Å². The highest BCUT2D eigenvalue weighted by Gasteiger charge is 2.25. The monoisotopic (exact) mass is 189 g/mol. The molecule has 0 aliphatic heterocycles. The second-order valence-corrected chi connectivity index (χ2v) is 3.01. The summed E-state index contributed by atoms with van der Waals surface area (Å²) in [4.78, 5) is 20.8. The van der Waals surface area contributed by atoms with Crippen LogP contribution in [0.25, 0.3) is 0 Å². The molecule has 0 amide bonds. The number of nitrogens with two attached hydrogens (primary N) is 1. The summed E-state index contributed by atoms with van der Waals surface area (Å²) in [5, 5.41) is 17.1. The molecular formula is C8H15NO4. The summed E-state index contributed by atoms with van der Waals surface area (Å²) in [5.74, 6) is -2.62. The maximum Gasteiger partial charge on any atom is 0.320 e. The predicted octanol–water partition coefficient (Wildman–Crippen LogP) is 0.289. The molecule has 0 bridgehead atoms. The summed E-state index contributed by atoms with van der Waals surface area (Å²) in [5.41, 5.74) is 5.33. The molecule has 76 valence electrons. The van der Waals surface area contributed by atoms with Crippen LogP contribution < -0.4 is 5.73 Å². The molecule has 0 rings (SSSR count). The number of carboxylic acids is 2. The van der Waals surface area contributed by atoms with Gasteiger partial charge >= 0.3 is 11.9 Å². The molecule has 0 aromatic rings. The van der Waals surface area contributed by atoms with Crippen LogP contribution in [0, 0.1) is 5.92 Å². The first-order valence-electron chi connectivity index (χ1n) is 4.19. The van der Waals surface area contributed by atoms with Gasteiger partial charge in [-0.2, -0.15) is 0 Å². The van der Waals surface area contributed by atoms with Gasteiger partial charge in [0.1, 0.15) is 6.04 Å². The molecule has 0 aliphatic rings. The number of rotatable bonds is 6. The second kappa shape index (κ2) is 5.53. The highest BCUT2D eigenvalue weighted by atomic mass is 16.4. The first kappa shape index (κ1) is 11.9. The average Bonchev–Trinajstić information content (AvgIpc) is 2.01. The van der Waals surface area contributed by atoms with E-state index in [1.807, 2.05) is 6.92 Å². The minimum atomic E-state index is -1.14. The Kier molecular flexibility index (Phi) is 5.06. The third-order valence-corrected chi connectivity index (χ3v) is 1.89. The highest BCUT2D eigenvalue weighted by molar-refractivity contribution is 5.75. The summed E-state index contributed by atoms with van der Waals surface area (Å²) in [6.07, 6.45) is 1.08. The van der Waals surface area contributed by atoms with Gasteiger partial charge in [-0.15, -0.1) is 0 Å². The first-order valence-corrected chi connectivity index (χ1v) is 4.19. The van der Waals surface area contributed by atoms with Crippen LogP contribution in [0.5, 0.6) is 0 Å². The fourth-order valence-electron chi connectivity index (χ4n) is 1.21. The van der Waals surface area contributed by atoms with Crippen LogP contribution in [0.15, 0.2) is 0 Å². The molecule has 5 heteroatoms. The normalized spacial score (nSPS) is 14.9. The zero-order valence-corrected chi connectivity index (χ0v) is 7.56. The molecule has 4 N–H and O–H groups in total. The molecule has 0 aromatic heterocycles. The van der Waals surface area contributed by atoms with Crippen molar-refractivity contribution in [2.75, 3.05) is 0 Å². The number of carboxylic acid groups (broad SMARTS) is 2. The Labute approximate surface area is 76.5 Å². The van der Waals surface area contributed by atoms with Gasteiger partial charge in [0.05, 0.1) is 6.42 Å². The summed E-state index contributed by atoms with van der Waals surface area (Å²) in [7, 11) is 0.